The maximum absolute atomic E-state index is 10.8. The Morgan fingerprint density at radius 3 is 2.67 bits per heavy atom. The molecule has 0 radical (unpaired) electrons. The molecular weight excluding hydrogens is 296 g/mol. The maximum atomic E-state index is 10.8. The highest BCUT2D eigenvalue weighted by atomic mass is 79.9. The molecule has 18 heavy (non-hydrogen) atoms. The van der Waals surface area contributed by atoms with Gasteiger partial charge in [-0.25, -0.2) is 0 Å². The molecule has 1 saturated carbocycles. The Morgan fingerprint density at radius 1 is 1.44 bits per heavy atom. The zero-order chi connectivity index (χ0) is 13.1. The van der Waals surface area contributed by atoms with E-state index in [1.165, 1.54) is 25.7 Å². The molecule has 1 aliphatic rings. The Balaban J connectivity index is 2.28. The van der Waals surface area contributed by atoms with Gasteiger partial charge in [-0.05, 0) is 24.5 Å². The SMILES string of the molecule is CN(c1ccc([N+](=O)[O-])cc1CBr)C1CCCC1. The predicted octanol–water partition coefficient (Wildman–Crippen LogP) is 3.87. The van der Waals surface area contributed by atoms with Crippen LogP contribution in [0.25, 0.3) is 0 Å². The van der Waals surface area contributed by atoms with Gasteiger partial charge in [0.25, 0.3) is 5.69 Å². The standard InChI is InChI=1S/C13H17BrN2O2/c1-15(11-4-2-3-5-11)13-7-6-12(16(17)18)8-10(13)9-14/h6-8,11H,2-5,9H2,1H3. The molecule has 1 aromatic carbocycles. The molecule has 1 fully saturated rings. The van der Waals surface area contributed by atoms with Crippen molar-refractivity contribution in [1.82, 2.24) is 0 Å². The second-order valence-electron chi connectivity index (χ2n) is 4.75. The van der Waals surface area contributed by atoms with Crippen LogP contribution in [-0.4, -0.2) is 18.0 Å². The van der Waals surface area contributed by atoms with Gasteiger partial charge in [0, 0.05) is 36.2 Å². The summed E-state index contributed by atoms with van der Waals surface area (Å²) in [5.74, 6) is 0. The number of nitro groups is 1. The van der Waals surface area contributed by atoms with Crippen molar-refractivity contribution in [1.29, 1.82) is 0 Å². The molecule has 0 amide bonds. The van der Waals surface area contributed by atoms with E-state index in [2.05, 4.69) is 27.9 Å². The fourth-order valence-electron chi connectivity index (χ4n) is 2.62. The highest BCUT2D eigenvalue weighted by Crippen LogP contribution is 2.32. The Labute approximate surface area is 115 Å². The molecule has 4 nitrogen and oxygen atoms in total. The number of non-ortho nitro benzene ring substituents is 1. The third-order valence-corrected chi connectivity index (χ3v) is 4.27. The van der Waals surface area contributed by atoms with Gasteiger partial charge in [-0.3, -0.25) is 10.1 Å². The van der Waals surface area contributed by atoms with E-state index in [0.29, 0.717) is 11.4 Å². The minimum absolute atomic E-state index is 0.160. The van der Waals surface area contributed by atoms with E-state index in [4.69, 9.17) is 0 Å². The Kier molecular flexibility index (Phi) is 4.22. The van der Waals surface area contributed by atoms with E-state index in [9.17, 15) is 10.1 Å². The predicted molar refractivity (Wildman–Crippen MR) is 76.4 cm³/mol. The van der Waals surface area contributed by atoms with Gasteiger partial charge in [0.15, 0.2) is 0 Å². The lowest BCUT2D eigenvalue weighted by Crippen LogP contribution is -2.29. The van der Waals surface area contributed by atoms with Crippen LogP contribution in [0.2, 0.25) is 0 Å². The second-order valence-corrected chi connectivity index (χ2v) is 5.31. The lowest BCUT2D eigenvalue weighted by molar-refractivity contribution is -0.384. The number of halogens is 1. The van der Waals surface area contributed by atoms with Crippen molar-refractivity contribution in [2.75, 3.05) is 11.9 Å². The summed E-state index contributed by atoms with van der Waals surface area (Å²) in [6.45, 7) is 0. The van der Waals surface area contributed by atoms with Crippen LogP contribution in [0.3, 0.4) is 0 Å². The van der Waals surface area contributed by atoms with Gasteiger partial charge in [-0.15, -0.1) is 0 Å². The van der Waals surface area contributed by atoms with Crippen molar-refractivity contribution in [2.24, 2.45) is 0 Å². The van der Waals surface area contributed by atoms with Crippen LogP contribution >= 0.6 is 15.9 Å². The van der Waals surface area contributed by atoms with E-state index < -0.39 is 0 Å². The summed E-state index contributed by atoms with van der Waals surface area (Å²) in [5.41, 5.74) is 2.25. The zero-order valence-corrected chi connectivity index (χ0v) is 12.0. The maximum Gasteiger partial charge on any atom is 0.269 e. The van der Waals surface area contributed by atoms with Crippen LogP contribution in [0.1, 0.15) is 31.2 Å². The summed E-state index contributed by atoms with van der Waals surface area (Å²) in [6.07, 6.45) is 5.00. The summed E-state index contributed by atoms with van der Waals surface area (Å²) in [4.78, 5) is 12.7. The third kappa shape index (κ3) is 2.66. The molecule has 0 aromatic heterocycles. The minimum atomic E-state index is -0.342. The molecule has 0 spiro atoms. The Bertz CT molecular complexity index is 445. The molecule has 1 aliphatic carbocycles. The van der Waals surface area contributed by atoms with Crippen molar-refractivity contribution in [3.8, 4) is 0 Å². The van der Waals surface area contributed by atoms with E-state index in [-0.39, 0.29) is 10.6 Å². The van der Waals surface area contributed by atoms with Crippen LogP contribution < -0.4 is 4.90 Å². The number of hydrogen-bond acceptors (Lipinski definition) is 3. The molecule has 0 unspecified atom stereocenters. The number of rotatable bonds is 4. The van der Waals surface area contributed by atoms with Gasteiger partial charge < -0.3 is 4.90 Å². The first-order valence-corrected chi connectivity index (χ1v) is 7.31. The lowest BCUT2D eigenvalue weighted by Gasteiger charge is -2.28. The number of hydrogen-bond donors (Lipinski definition) is 0. The van der Waals surface area contributed by atoms with Gasteiger partial charge in [-0.1, -0.05) is 28.8 Å². The number of alkyl halides is 1. The fraction of sp³-hybridized carbons (Fsp3) is 0.538. The number of benzene rings is 1. The second kappa shape index (κ2) is 5.69. The van der Waals surface area contributed by atoms with E-state index in [0.717, 1.165) is 11.3 Å². The average molecular weight is 313 g/mol. The zero-order valence-electron chi connectivity index (χ0n) is 10.4. The lowest BCUT2D eigenvalue weighted by atomic mass is 10.1. The van der Waals surface area contributed by atoms with E-state index in [1.807, 2.05) is 6.07 Å². The highest BCUT2D eigenvalue weighted by Gasteiger charge is 2.22. The molecule has 0 bridgehead atoms. The van der Waals surface area contributed by atoms with Crippen LogP contribution in [0.5, 0.6) is 0 Å². The Hall–Kier alpha value is -1.10. The summed E-state index contributed by atoms with van der Waals surface area (Å²) >= 11 is 3.42. The average Bonchev–Trinajstić information content (AvgIpc) is 2.90. The van der Waals surface area contributed by atoms with E-state index >= 15 is 0 Å². The quantitative estimate of drug-likeness (QED) is 0.481. The number of nitro benzene ring substituents is 1. The molecule has 0 saturated heterocycles. The van der Waals surface area contributed by atoms with Crippen molar-refractivity contribution in [3.63, 3.8) is 0 Å². The smallest absolute Gasteiger partial charge is 0.269 e. The van der Waals surface area contributed by atoms with Crippen LogP contribution in [0.15, 0.2) is 18.2 Å². The van der Waals surface area contributed by atoms with Gasteiger partial charge in [0.2, 0.25) is 0 Å². The first-order valence-electron chi connectivity index (χ1n) is 6.19. The van der Waals surface area contributed by atoms with Gasteiger partial charge in [0.05, 0.1) is 4.92 Å². The molecule has 0 heterocycles. The molecule has 0 atom stereocenters. The van der Waals surface area contributed by atoms with Crippen molar-refractivity contribution in [2.45, 2.75) is 37.1 Å². The van der Waals surface area contributed by atoms with E-state index in [1.54, 1.807) is 12.1 Å². The first kappa shape index (κ1) is 13.3. The number of nitrogens with zero attached hydrogens (tertiary/aromatic N) is 2. The highest BCUT2D eigenvalue weighted by molar-refractivity contribution is 9.08. The minimum Gasteiger partial charge on any atom is -0.371 e. The molecule has 5 heteroatoms. The topological polar surface area (TPSA) is 46.4 Å². The van der Waals surface area contributed by atoms with Gasteiger partial charge in [0.1, 0.15) is 0 Å². The summed E-state index contributed by atoms with van der Waals surface area (Å²) in [7, 11) is 2.09. The Morgan fingerprint density at radius 2 is 2.11 bits per heavy atom. The normalized spacial score (nSPS) is 15.9. The molecular formula is C13H17BrN2O2. The molecule has 0 aliphatic heterocycles. The third-order valence-electron chi connectivity index (χ3n) is 3.67. The van der Waals surface area contributed by atoms with Crippen LogP contribution in [0.4, 0.5) is 11.4 Å². The van der Waals surface area contributed by atoms with Crippen molar-refractivity contribution >= 4 is 27.3 Å². The van der Waals surface area contributed by atoms with Crippen LogP contribution in [-0.2, 0) is 5.33 Å². The molecule has 98 valence electrons. The van der Waals surface area contributed by atoms with Gasteiger partial charge in [-0.2, -0.15) is 0 Å². The molecule has 1 aromatic rings. The summed E-state index contributed by atoms with van der Waals surface area (Å²) < 4.78 is 0. The monoisotopic (exact) mass is 312 g/mol. The first-order chi connectivity index (χ1) is 8.63. The fourth-order valence-corrected chi connectivity index (χ4v) is 3.07. The number of anilines is 1. The van der Waals surface area contributed by atoms with Crippen molar-refractivity contribution in [3.05, 3.63) is 33.9 Å². The van der Waals surface area contributed by atoms with Crippen LogP contribution in [0, 0.1) is 10.1 Å². The molecule has 0 N–H and O–H groups in total. The summed E-state index contributed by atoms with van der Waals surface area (Å²) in [5, 5.41) is 11.4. The van der Waals surface area contributed by atoms with Gasteiger partial charge >= 0.3 is 0 Å². The largest absolute Gasteiger partial charge is 0.371 e. The summed E-state index contributed by atoms with van der Waals surface area (Å²) in [6, 6.07) is 5.69. The van der Waals surface area contributed by atoms with Crippen molar-refractivity contribution < 1.29 is 4.92 Å². The molecule has 2 rings (SSSR count).